The highest BCUT2D eigenvalue weighted by Crippen LogP contribution is 2.43. The summed E-state index contributed by atoms with van der Waals surface area (Å²) in [7, 11) is -3.22. The molecule has 1 saturated heterocycles. The van der Waals surface area contributed by atoms with Crippen LogP contribution in [-0.4, -0.2) is 19.3 Å². The Morgan fingerprint density at radius 1 is 0.538 bits per heavy atom. The lowest BCUT2D eigenvalue weighted by molar-refractivity contribution is 0.263. The first-order valence-electron chi connectivity index (χ1n) is 12.8. The third-order valence-electron chi connectivity index (χ3n) is 6.40. The number of epoxide rings is 1. The van der Waals surface area contributed by atoms with E-state index in [9.17, 15) is 0 Å². The zero-order valence-electron chi connectivity index (χ0n) is 21.2. The summed E-state index contributed by atoms with van der Waals surface area (Å²) >= 11 is 0. The number of rotatable bonds is 10. The second kappa shape index (κ2) is 11.2. The molecule has 0 spiro atoms. The molecular weight excluding hydrogens is 507 g/mol. The molecule has 6 rings (SSSR count). The second-order valence-electron chi connectivity index (χ2n) is 9.19. The van der Waals surface area contributed by atoms with Crippen molar-refractivity contribution in [1.29, 1.82) is 0 Å². The fourth-order valence-corrected chi connectivity index (χ4v) is 6.85. The summed E-state index contributed by atoms with van der Waals surface area (Å²) in [4.78, 5) is 0. The van der Waals surface area contributed by atoms with Crippen molar-refractivity contribution >= 4 is 23.1 Å². The molecule has 5 aromatic carbocycles. The molecule has 1 unspecified atom stereocenters. The first-order chi connectivity index (χ1) is 19.2. The van der Waals surface area contributed by atoms with Crippen LogP contribution in [0.5, 0.6) is 28.7 Å². The van der Waals surface area contributed by atoms with Gasteiger partial charge in [0.1, 0.15) is 41.5 Å². The van der Waals surface area contributed by atoms with Crippen LogP contribution < -0.4 is 30.1 Å². The van der Waals surface area contributed by atoms with Crippen molar-refractivity contribution in [2.45, 2.75) is 6.10 Å². The molecule has 1 fully saturated rings. The monoisotopic (exact) mass is 534 g/mol. The van der Waals surface area contributed by atoms with Gasteiger partial charge in [-0.1, -0.05) is 36.4 Å². The molecule has 0 saturated carbocycles. The van der Waals surface area contributed by atoms with E-state index in [0.29, 0.717) is 34.0 Å². The lowest BCUT2D eigenvalue weighted by Crippen LogP contribution is -2.25. The lowest BCUT2D eigenvalue weighted by atomic mass is 10.3. The largest absolute Gasteiger partial charge is 0.491 e. The van der Waals surface area contributed by atoms with Gasteiger partial charge >= 0.3 is 0 Å². The van der Waals surface area contributed by atoms with Gasteiger partial charge in [0.2, 0.25) is 0 Å². The number of ether oxygens (including phenoxy) is 4. The smallest absolute Gasteiger partial charge is 0.171 e. The first kappa shape index (κ1) is 25.0. The first-order valence-corrected chi connectivity index (χ1v) is 14.5. The Labute approximate surface area is 227 Å². The quantitative estimate of drug-likeness (QED) is 0.148. The summed E-state index contributed by atoms with van der Waals surface area (Å²) < 4.78 is 38.0. The van der Waals surface area contributed by atoms with Gasteiger partial charge in [-0.2, -0.15) is 0 Å². The van der Waals surface area contributed by atoms with Crippen LogP contribution in [0, 0.1) is 0 Å². The lowest BCUT2D eigenvalue weighted by Gasteiger charge is -2.21. The summed E-state index contributed by atoms with van der Waals surface area (Å²) in [5, 5.41) is 2.13. The highest BCUT2D eigenvalue weighted by molar-refractivity contribution is 7.85. The maximum absolute atomic E-state index is 15.0. The Bertz CT molecular complexity index is 1460. The highest BCUT2D eigenvalue weighted by Gasteiger charge is 2.30. The molecule has 39 heavy (non-hydrogen) atoms. The van der Waals surface area contributed by atoms with Crippen molar-refractivity contribution in [3.05, 3.63) is 133 Å². The van der Waals surface area contributed by atoms with E-state index >= 15 is 4.57 Å². The van der Waals surface area contributed by atoms with Crippen molar-refractivity contribution in [3.63, 3.8) is 0 Å². The molecule has 1 aliphatic heterocycles. The normalized spacial score (nSPS) is 14.4. The Morgan fingerprint density at radius 2 is 0.897 bits per heavy atom. The van der Waals surface area contributed by atoms with Gasteiger partial charge in [0, 0.05) is 15.9 Å². The van der Waals surface area contributed by atoms with Gasteiger partial charge in [-0.05, 0) is 97.1 Å². The van der Waals surface area contributed by atoms with E-state index in [0.717, 1.165) is 23.9 Å². The van der Waals surface area contributed by atoms with E-state index in [-0.39, 0.29) is 6.10 Å². The summed E-state index contributed by atoms with van der Waals surface area (Å²) in [6, 6.07) is 41.6. The maximum Gasteiger partial charge on any atom is 0.171 e. The molecule has 0 radical (unpaired) electrons. The van der Waals surface area contributed by atoms with Crippen LogP contribution >= 0.6 is 7.14 Å². The molecule has 5 nitrogen and oxygen atoms in total. The zero-order chi connectivity index (χ0) is 26.5. The predicted molar refractivity (Wildman–Crippen MR) is 154 cm³/mol. The number of benzene rings is 5. The van der Waals surface area contributed by atoms with Crippen molar-refractivity contribution in [3.8, 4) is 28.7 Å². The average molecular weight is 535 g/mol. The van der Waals surface area contributed by atoms with Gasteiger partial charge in [-0.3, -0.25) is 0 Å². The van der Waals surface area contributed by atoms with Crippen LogP contribution in [0.4, 0.5) is 0 Å². The second-order valence-corrected chi connectivity index (χ2v) is 12.0. The Morgan fingerprint density at radius 3 is 1.28 bits per heavy atom. The van der Waals surface area contributed by atoms with Crippen LogP contribution in [0.3, 0.4) is 0 Å². The standard InChI is InChI=1S/C33H27O5P/c34-39(31-17-11-25(12-18-31)35-23-30-24-36-30,32-19-13-28(14-20-32)37-26-7-3-1-4-8-26)33-21-15-29(16-22-33)38-27-9-5-2-6-10-27/h1-22,30H,23-24H2. The van der Waals surface area contributed by atoms with Gasteiger partial charge in [0.15, 0.2) is 7.14 Å². The third kappa shape index (κ3) is 5.91. The van der Waals surface area contributed by atoms with Gasteiger partial charge < -0.3 is 23.5 Å². The number of para-hydroxylation sites is 2. The van der Waals surface area contributed by atoms with E-state index < -0.39 is 7.14 Å². The topological polar surface area (TPSA) is 57.3 Å². The molecule has 0 amide bonds. The van der Waals surface area contributed by atoms with E-state index in [4.69, 9.17) is 18.9 Å². The van der Waals surface area contributed by atoms with Crippen molar-refractivity contribution in [1.82, 2.24) is 0 Å². The molecule has 0 aliphatic carbocycles. The molecule has 1 heterocycles. The van der Waals surface area contributed by atoms with Crippen LogP contribution in [0.1, 0.15) is 0 Å². The summed E-state index contributed by atoms with van der Waals surface area (Å²) in [5.41, 5.74) is 0. The summed E-state index contributed by atoms with van der Waals surface area (Å²) in [6.07, 6.45) is 0.170. The van der Waals surface area contributed by atoms with Gasteiger partial charge in [0.25, 0.3) is 0 Å². The molecule has 1 aliphatic rings. The van der Waals surface area contributed by atoms with E-state index in [1.54, 1.807) is 0 Å². The summed E-state index contributed by atoms with van der Waals surface area (Å²) in [6.45, 7) is 1.25. The van der Waals surface area contributed by atoms with Gasteiger partial charge in [0.05, 0.1) is 6.61 Å². The fourth-order valence-electron chi connectivity index (χ4n) is 4.25. The SMILES string of the molecule is O=P(c1ccc(OCC2CO2)cc1)(c1ccc(Oc2ccccc2)cc1)c1ccc(Oc2ccccc2)cc1. The minimum atomic E-state index is -3.22. The molecule has 6 heteroatoms. The molecule has 5 aromatic rings. The Hall–Kier alpha value is -4.31. The Balaban J connectivity index is 1.31. The van der Waals surface area contributed by atoms with E-state index in [1.807, 2.05) is 133 Å². The molecule has 1 atom stereocenters. The van der Waals surface area contributed by atoms with Crippen LogP contribution in [0.25, 0.3) is 0 Å². The highest BCUT2D eigenvalue weighted by atomic mass is 31.2. The van der Waals surface area contributed by atoms with Crippen LogP contribution in [0.15, 0.2) is 133 Å². The molecule has 0 bridgehead atoms. The van der Waals surface area contributed by atoms with Gasteiger partial charge in [-0.25, -0.2) is 0 Å². The zero-order valence-corrected chi connectivity index (χ0v) is 22.1. The molecular formula is C33H27O5P. The average Bonchev–Trinajstić information content (AvgIpc) is 3.83. The number of hydrogen-bond donors (Lipinski definition) is 0. The maximum atomic E-state index is 15.0. The summed E-state index contributed by atoms with van der Waals surface area (Å²) in [5.74, 6) is 3.56. The molecule has 194 valence electrons. The van der Waals surface area contributed by atoms with Crippen LogP contribution in [0.2, 0.25) is 0 Å². The van der Waals surface area contributed by atoms with E-state index in [2.05, 4.69) is 0 Å². The Kier molecular flexibility index (Phi) is 7.18. The van der Waals surface area contributed by atoms with Crippen molar-refractivity contribution in [2.75, 3.05) is 13.2 Å². The van der Waals surface area contributed by atoms with Crippen LogP contribution in [-0.2, 0) is 9.30 Å². The molecule has 0 aromatic heterocycles. The number of hydrogen-bond acceptors (Lipinski definition) is 5. The predicted octanol–water partition coefficient (Wildman–Crippen LogP) is 6.69. The van der Waals surface area contributed by atoms with Crippen molar-refractivity contribution in [2.24, 2.45) is 0 Å². The fraction of sp³-hybridized carbons (Fsp3) is 0.0909. The van der Waals surface area contributed by atoms with Crippen molar-refractivity contribution < 1.29 is 23.5 Å². The minimum Gasteiger partial charge on any atom is -0.491 e. The minimum absolute atomic E-state index is 0.170. The third-order valence-corrected chi connectivity index (χ3v) is 9.47. The van der Waals surface area contributed by atoms with Gasteiger partial charge in [-0.15, -0.1) is 0 Å². The molecule has 0 N–H and O–H groups in total. The van der Waals surface area contributed by atoms with E-state index in [1.165, 1.54) is 0 Å².